The molecular formula is C13H11ClN4O. The molecule has 0 aliphatic heterocycles. The van der Waals surface area contributed by atoms with E-state index in [9.17, 15) is 0 Å². The van der Waals surface area contributed by atoms with Gasteiger partial charge in [0.15, 0.2) is 0 Å². The summed E-state index contributed by atoms with van der Waals surface area (Å²) in [5, 5.41) is 12.4. The summed E-state index contributed by atoms with van der Waals surface area (Å²) in [6.07, 6.45) is 1.52. The summed E-state index contributed by atoms with van der Waals surface area (Å²) in [7, 11) is 1.55. The number of hydrogen-bond acceptors (Lipinski definition) is 5. The number of halogens is 1. The predicted molar refractivity (Wildman–Crippen MR) is 72.8 cm³/mol. The molecule has 0 spiro atoms. The van der Waals surface area contributed by atoms with Crippen LogP contribution in [-0.2, 0) is 0 Å². The molecule has 0 saturated heterocycles. The van der Waals surface area contributed by atoms with Crippen LogP contribution in [0.3, 0.4) is 0 Å². The Morgan fingerprint density at radius 3 is 2.89 bits per heavy atom. The first kappa shape index (κ1) is 13.1. The minimum atomic E-state index is 0.294. The number of ether oxygens (including phenoxy) is 1. The molecule has 96 valence electrons. The average molecular weight is 275 g/mol. The van der Waals surface area contributed by atoms with Crippen molar-refractivity contribution in [2.75, 3.05) is 12.4 Å². The molecule has 0 fully saturated rings. The van der Waals surface area contributed by atoms with Gasteiger partial charge in [0.05, 0.1) is 12.8 Å². The van der Waals surface area contributed by atoms with Crippen molar-refractivity contribution in [1.29, 1.82) is 5.26 Å². The number of nitrogens with one attached hydrogen (secondary N) is 1. The van der Waals surface area contributed by atoms with Gasteiger partial charge in [-0.3, -0.25) is 0 Å². The SMILES string of the molecule is COc1cc(Cl)c(C)cc1Nc1nccc(C#N)n1. The number of nitriles is 1. The summed E-state index contributed by atoms with van der Waals surface area (Å²) in [5.74, 6) is 0.917. The monoisotopic (exact) mass is 274 g/mol. The maximum Gasteiger partial charge on any atom is 0.228 e. The molecular weight excluding hydrogens is 264 g/mol. The Morgan fingerprint density at radius 1 is 1.42 bits per heavy atom. The summed E-state index contributed by atoms with van der Waals surface area (Å²) in [6.45, 7) is 1.89. The van der Waals surface area contributed by atoms with Gasteiger partial charge >= 0.3 is 0 Å². The maximum atomic E-state index is 8.80. The van der Waals surface area contributed by atoms with E-state index in [1.807, 2.05) is 19.1 Å². The summed E-state index contributed by atoms with van der Waals surface area (Å²) >= 11 is 6.03. The van der Waals surface area contributed by atoms with Gasteiger partial charge in [0.25, 0.3) is 0 Å². The van der Waals surface area contributed by atoms with E-state index < -0.39 is 0 Å². The highest BCUT2D eigenvalue weighted by Gasteiger charge is 2.08. The van der Waals surface area contributed by atoms with Crippen molar-refractivity contribution < 1.29 is 4.74 Å². The predicted octanol–water partition coefficient (Wildman–Crippen LogP) is 3.06. The van der Waals surface area contributed by atoms with E-state index in [2.05, 4.69) is 15.3 Å². The zero-order valence-corrected chi connectivity index (χ0v) is 11.2. The molecule has 0 radical (unpaired) electrons. The van der Waals surface area contributed by atoms with E-state index in [4.69, 9.17) is 21.6 Å². The molecule has 0 unspecified atom stereocenters. The van der Waals surface area contributed by atoms with Gasteiger partial charge in [-0.2, -0.15) is 5.26 Å². The number of benzene rings is 1. The van der Waals surface area contributed by atoms with E-state index in [-0.39, 0.29) is 0 Å². The Morgan fingerprint density at radius 2 is 2.21 bits per heavy atom. The zero-order valence-electron chi connectivity index (χ0n) is 10.4. The highest BCUT2D eigenvalue weighted by atomic mass is 35.5. The largest absolute Gasteiger partial charge is 0.495 e. The van der Waals surface area contributed by atoms with E-state index in [0.717, 1.165) is 5.56 Å². The van der Waals surface area contributed by atoms with Crippen LogP contribution in [0.4, 0.5) is 11.6 Å². The standard InChI is InChI=1S/C13H11ClN4O/c1-8-5-11(12(19-2)6-10(8)14)18-13-16-4-3-9(7-15)17-13/h3-6H,1-2H3,(H,16,17,18). The van der Waals surface area contributed by atoms with Gasteiger partial charge in [0, 0.05) is 17.3 Å². The number of anilines is 2. The Balaban J connectivity index is 2.37. The second-order valence-electron chi connectivity index (χ2n) is 3.80. The van der Waals surface area contributed by atoms with E-state index in [0.29, 0.717) is 28.1 Å². The molecule has 1 aromatic heterocycles. The molecule has 0 aliphatic carbocycles. The van der Waals surface area contributed by atoms with Crippen molar-refractivity contribution in [3.05, 3.63) is 40.7 Å². The molecule has 19 heavy (non-hydrogen) atoms. The third-order valence-electron chi connectivity index (χ3n) is 2.50. The highest BCUT2D eigenvalue weighted by Crippen LogP contribution is 2.32. The second kappa shape index (κ2) is 5.55. The van der Waals surface area contributed by atoms with Crippen molar-refractivity contribution in [3.8, 4) is 11.8 Å². The first-order valence-electron chi connectivity index (χ1n) is 5.48. The molecule has 0 aliphatic rings. The van der Waals surface area contributed by atoms with E-state index in [1.54, 1.807) is 13.2 Å². The Hall–Kier alpha value is -2.32. The van der Waals surface area contributed by atoms with E-state index in [1.165, 1.54) is 12.3 Å². The molecule has 2 rings (SSSR count). The first-order valence-corrected chi connectivity index (χ1v) is 5.86. The quantitative estimate of drug-likeness (QED) is 0.931. The van der Waals surface area contributed by atoms with Crippen LogP contribution in [0.1, 0.15) is 11.3 Å². The molecule has 0 amide bonds. The Labute approximate surface area is 115 Å². The lowest BCUT2D eigenvalue weighted by Crippen LogP contribution is -2.00. The van der Waals surface area contributed by atoms with Gasteiger partial charge in [0.2, 0.25) is 5.95 Å². The average Bonchev–Trinajstić information content (AvgIpc) is 2.43. The van der Waals surface area contributed by atoms with Crippen LogP contribution in [0.5, 0.6) is 5.75 Å². The van der Waals surface area contributed by atoms with Gasteiger partial charge in [-0.1, -0.05) is 11.6 Å². The topological polar surface area (TPSA) is 70.8 Å². The van der Waals surface area contributed by atoms with Crippen LogP contribution in [0.2, 0.25) is 5.02 Å². The van der Waals surface area contributed by atoms with Crippen LogP contribution in [0.25, 0.3) is 0 Å². The summed E-state index contributed by atoms with van der Waals surface area (Å²) in [4.78, 5) is 8.09. The third-order valence-corrected chi connectivity index (χ3v) is 2.90. The van der Waals surface area contributed by atoms with Crippen LogP contribution < -0.4 is 10.1 Å². The molecule has 0 bridgehead atoms. The van der Waals surface area contributed by atoms with Gasteiger partial charge in [-0.05, 0) is 24.6 Å². The second-order valence-corrected chi connectivity index (χ2v) is 4.21. The van der Waals surface area contributed by atoms with Gasteiger partial charge in [0.1, 0.15) is 17.5 Å². The smallest absolute Gasteiger partial charge is 0.228 e. The molecule has 6 heteroatoms. The number of methoxy groups -OCH3 is 1. The van der Waals surface area contributed by atoms with Crippen LogP contribution >= 0.6 is 11.6 Å². The van der Waals surface area contributed by atoms with Crippen molar-refractivity contribution in [1.82, 2.24) is 9.97 Å². The van der Waals surface area contributed by atoms with Crippen molar-refractivity contribution in [2.24, 2.45) is 0 Å². The molecule has 1 heterocycles. The fraction of sp³-hybridized carbons (Fsp3) is 0.154. The lowest BCUT2D eigenvalue weighted by molar-refractivity contribution is 0.416. The van der Waals surface area contributed by atoms with Gasteiger partial charge in [-0.15, -0.1) is 0 Å². The van der Waals surface area contributed by atoms with Crippen LogP contribution in [0, 0.1) is 18.3 Å². The highest BCUT2D eigenvalue weighted by molar-refractivity contribution is 6.31. The summed E-state index contributed by atoms with van der Waals surface area (Å²) in [6, 6.07) is 7.05. The number of aromatic nitrogens is 2. The minimum absolute atomic E-state index is 0.294. The molecule has 1 aromatic carbocycles. The molecule has 5 nitrogen and oxygen atoms in total. The van der Waals surface area contributed by atoms with Crippen LogP contribution in [-0.4, -0.2) is 17.1 Å². The van der Waals surface area contributed by atoms with Gasteiger partial charge in [-0.25, -0.2) is 9.97 Å². The molecule has 0 saturated carbocycles. The summed E-state index contributed by atoms with van der Waals surface area (Å²) < 4.78 is 5.24. The minimum Gasteiger partial charge on any atom is -0.495 e. The molecule has 0 atom stereocenters. The molecule has 1 N–H and O–H groups in total. The van der Waals surface area contributed by atoms with Gasteiger partial charge < -0.3 is 10.1 Å². The fourth-order valence-corrected chi connectivity index (χ4v) is 1.69. The first-order chi connectivity index (χ1) is 9.13. The number of nitrogens with zero attached hydrogens (tertiary/aromatic N) is 3. The number of aryl methyl sites for hydroxylation is 1. The van der Waals surface area contributed by atoms with Crippen molar-refractivity contribution >= 4 is 23.2 Å². The lowest BCUT2D eigenvalue weighted by Gasteiger charge is -2.12. The van der Waals surface area contributed by atoms with Crippen molar-refractivity contribution in [2.45, 2.75) is 6.92 Å². The normalized spacial score (nSPS) is 9.79. The maximum absolute atomic E-state index is 8.80. The lowest BCUT2D eigenvalue weighted by atomic mass is 10.2. The third kappa shape index (κ3) is 2.92. The number of rotatable bonds is 3. The van der Waals surface area contributed by atoms with E-state index >= 15 is 0 Å². The Kier molecular flexibility index (Phi) is 3.83. The molecule has 2 aromatic rings. The fourth-order valence-electron chi connectivity index (χ4n) is 1.53. The number of hydrogen-bond donors (Lipinski definition) is 1. The van der Waals surface area contributed by atoms with Crippen molar-refractivity contribution in [3.63, 3.8) is 0 Å². The Bertz CT molecular complexity index is 652. The zero-order chi connectivity index (χ0) is 13.8. The summed E-state index contributed by atoms with van der Waals surface area (Å²) in [5.41, 5.74) is 1.89. The van der Waals surface area contributed by atoms with Crippen LogP contribution in [0.15, 0.2) is 24.4 Å².